The van der Waals surface area contributed by atoms with Gasteiger partial charge in [0.1, 0.15) is 11.4 Å². The molecule has 1 aliphatic rings. The van der Waals surface area contributed by atoms with Crippen molar-refractivity contribution in [3.63, 3.8) is 0 Å². The second kappa shape index (κ2) is 7.11. The van der Waals surface area contributed by atoms with Crippen LogP contribution >= 0.6 is 0 Å². The second-order valence-electron chi connectivity index (χ2n) is 7.17. The fraction of sp³-hybridized carbons (Fsp3) is 0.556. The molecule has 0 bridgehead atoms. The van der Waals surface area contributed by atoms with Crippen molar-refractivity contribution in [1.29, 1.82) is 0 Å². The summed E-state index contributed by atoms with van der Waals surface area (Å²) in [5.74, 6) is -0.212. The number of aromatic carboxylic acids is 1. The van der Waals surface area contributed by atoms with Crippen LogP contribution in [0.4, 0.5) is 4.79 Å². The van der Waals surface area contributed by atoms with Crippen LogP contribution in [0.1, 0.15) is 43.1 Å². The maximum atomic E-state index is 12.0. The monoisotopic (exact) mass is 335 g/mol. The third-order valence-corrected chi connectivity index (χ3v) is 3.86. The van der Waals surface area contributed by atoms with Gasteiger partial charge in [0.05, 0.1) is 12.2 Å². The molecular weight excluding hydrogens is 310 g/mol. The second-order valence-corrected chi connectivity index (χ2v) is 7.17. The standard InChI is InChI=1S/C18H25NO5/c1-12-5-6-14(9-15(12)16(20)21)23-11-13-7-8-19(10-13)17(22)24-18(2,3)4/h5-6,9,13H,7-8,10-11H2,1-4H3,(H,20,21)/t13-/m0/s1. The Kier molecular flexibility index (Phi) is 5.36. The molecule has 6 heteroatoms. The highest BCUT2D eigenvalue weighted by atomic mass is 16.6. The zero-order valence-corrected chi connectivity index (χ0v) is 14.7. The molecule has 24 heavy (non-hydrogen) atoms. The van der Waals surface area contributed by atoms with E-state index in [-0.39, 0.29) is 17.6 Å². The Morgan fingerprint density at radius 3 is 2.67 bits per heavy atom. The van der Waals surface area contributed by atoms with Crippen molar-refractivity contribution in [3.05, 3.63) is 29.3 Å². The highest BCUT2D eigenvalue weighted by Crippen LogP contribution is 2.22. The summed E-state index contributed by atoms with van der Waals surface area (Å²) in [6.07, 6.45) is 0.546. The van der Waals surface area contributed by atoms with Gasteiger partial charge in [-0.05, 0) is 51.8 Å². The molecule has 1 heterocycles. The molecule has 0 radical (unpaired) electrons. The first-order chi connectivity index (χ1) is 11.2. The van der Waals surface area contributed by atoms with Crippen LogP contribution in [0.2, 0.25) is 0 Å². The molecule has 0 aliphatic carbocycles. The van der Waals surface area contributed by atoms with Crippen molar-refractivity contribution in [2.45, 2.75) is 39.7 Å². The number of benzene rings is 1. The van der Waals surface area contributed by atoms with E-state index in [2.05, 4.69) is 0 Å². The van der Waals surface area contributed by atoms with Gasteiger partial charge in [0.15, 0.2) is 0 Å². The SMILES string of the molecule is Cc1ccc(OC[C@H]2CCN(C(=O)OC(C)(C)C)C2)cc1C(=O)O. The predicted molar refractivity (Wildman–Crippen MR) is 89.5 cm³/mol. The van der Waals surface area contributed by atoms with Gasteiger partial charge in [0, 0.05) is 19.0 Å². The first-order valence-electron chi connectivity index (χ1n) is 8.10. The Morgan fingerprint density at radius 1 is 1.33 bits per heavy atom. The van der Waals surface area contributed by atoms with Gasteiger partial charge in [-0.3, -0.25) is 0 Å². The van der Waals surface area contributed by atoms with Gasteiger partial charge in [0.25, 0.3) is 0 Å². The molecule has 0 saturated carbocycles. The Morgan fingerprint density at radius 2 is 2.04 bits per heavy atom. The largest absolute Gasteiger partial charge is 0.493 e. The van der Waals surface area contributed by atoms with Crippen molar-refractivity contribution in [2.24, 2.45) is 5.92 Å². The van der Waals surface area contributed by atoms with Gasteiger partial charge in [-0.1, -0.05) is 6.07 Å². The van der Waals surface area contributed by atoms with E-state index in [1.165, 1.54) is 6.07 Å². The molecule has 0 aromatic heterocycles. The Hall–Kier alpha value is -2.24. The molecule has 1 atom stereocenters. The van der Waals surface area contributed by atoms with Crippen molar-refractivity contribution in [1.82, 2.24) is 4.90 Å². The van der Waals surface area contributed by atoms with Crippen LogP contribution < -0.4 is 4.74 Å². The zero-order valence-electron chi connectivity index (χ0n) is 14.7. The lowest BCUT2D eigenvalue weighted by molar-refractivity contribution is 0.0284. The number of carboxylic acids is 1. The number of aryl methyl sites for hydroxylation is 1. The highest BCUT2D eigenvalue weighted by Gasteiger charge is 2.30. The number of carboxylic acid groups (broad SMARTS) is 1. The number of nitrogens with zero attached hydrogens (tertiary/aromatic N) is 1. The van der Waals surface area contributed by atoms with Crippen molar-refractivity contribution >= 4 is 12.1 Å². The lowest BCUT2D eigenvalue weighted by Gasteiger charge is -2.24. The molecule has 1 aliphatic heterocycles. The van der Waals surface area contributed by atoms with Crippen LogP contribution in [0.3, 0.4) is 0 Å². The van der Waals surface area contributed by atoms with E-state index in [0.29, 0.717) is 31.0 Å². The summed E-state index contributed by atoms with van der Waals surface area (Å²) in [7, 11) is 0. The number of hydrogen-bond donors (Lipinski definition) is 1. The number of carbonyl (C=O) groups excluding carboxylic acids is 1. The first kappa shape index (κ1) is 18.1. The Bertz CT molecular complexity index is 620. The molecule has 132 valence electrons. The smallest absolute Gasteiger partial charge is 0.410 e. The fourth-order valence-corrected chi connectivity index (χ4v) is 2.60. The van der Waals surface area contributed by atoms with Crippen LogP contribution in [-0.4, -0.2) is 47.4 Å². The summed E-state index contributed by atoms with van der Waals surface area (Å²) in [5.41, 5.74) is 0.446. The van der Waals surface area contributed by atoms with Gasteiger partial charge in [-0.25, -0.2) is 9.59 Å². The van der Waals surface area contributed by atoms with E-state index < -0.39 is 11.6 Å². The van der Waals surface area contributed by atoms with E-state index in [1.54, 1.807) is 24.0 Å². The number of amides is 1. The van der Waals surface area contributed by atoms with Crippen LogP contribution in [0, 0.1) is 12.8 Å². The van der Waals surface area contributed by atoms with Crippen LogP contribution in [0.25, 0.3) is 0 Å². The summed E-state index contributed by atoms with van der Waals surface area (Å²) < 4.78 is 11.1. The minimum Gasteiger partial charge on any atom is -0.493 e. The maximum Gasteiger partial charge on any atom is 0.410 e. The molecule has 1 N–H and O–H groups in total. The lowest BCUT2D eigenvalue weighted by Crippen LogP contribution is -2.35. The predicted octanol–water partition coefficient (Wildman–Crippen LogP) is 3.33. The highest BCUT2D eigenvalue weighted by molar-refractivity contribution is 5.89. The van der Waals surface area contributed by atoms with E-state index >= 15 is 0 Å². The molecule has 1 aromatic carbocycles. The third-order valence-electron chi connectivity index (χ3n) is 3.86. The Balaban J connectivity index is 1.87. The van der Waals surface area contributed by atoms with Gasteiger partial charge in [0.2, 0.25) is 0 Å². The number of hydrogen-bond acceptors (Lipinski definition) is 4. The molecule has 2 rings (SSSR count). The van der Waals surface area contributed by atoms with E-state index in [1.807, 2.05) is 20.8 Å². The fourth-order valence-electron chi connectivity index (χ4n) is 2.60. The van der Waals surface area contributed by atoms with Gasteiger partial charge in [-0.15, -0.1) is 0 Å². The summed E-state index contributed by atoms with van der Waals surface area (Å²) in [4.78, 5) is 24.9. The molecular formula is C18H25NO5. The quantitative estimate of drug-likeness (QED) is 0.913. The average molecular weight is 335 g/mol. The average Bonchev–Trinajstić information content (AvgIpc) is 2.93. The molecule has 0 spiro atoms. The molecule has 0 unspecified atom stereocenters. The number of rotatable bonds is 4. The lowest BCUT2D eigenvalue weighted by atomic mass is 10.1. The van der Waals surface area contributed by atoms with Crippen molar-refractivity contribution in [2.75, 3.05) is 19.7 Å². The number of carbonyl (C=O) groups is 2. The number of likely N-dealkylation sites (tertiary alicyclic amines) is 1. The van der Waals surface area contributed by atoms with Crippen molar-refractivity contribution < 1.29 is 24.2 Å². The number of ether oxygens (including phenoxy) is 2. The van der Waals surface area contributed by atoms with Crippen LogP contribution in [0.15, 0.2) is 18.2 Å². The molecule has 6 nitrogen and oxygen atoms in total. The van der Waals surface area contributed by atoms with Gasteiger partial charge < -0.3 is 19.5 Å². The molecule has 1 amide bonds. The first-order valence-corrected chi connectivity index (χ1v) is 8.10. The van der Waals surface area contributed by atoms with Gasteiger partial charge in [-0.2, -0.15) is 0 Å². The minimum absolute atomic E-state index is 0.215. The van der Waals surface area contributed by atoms with E-state index in [0.717, 1.165) is 6.42 Å². The van der Waals surface area contributed by atoms with Crippen molar-refractivity contribution in [3.8, 4) is 5.75 Å². The zero-order chi connectivity index (χ0) is 17.9. The summed E-state index contributed by atoms with van der Waals surface area (Å²) in [6.45, 7) is 8.98. The summed E-state index contributed by atoms with van der Waals surface area (Å²) in [6, 6.07) is 5.04. The third kappa shape index (κ3) is 4.88. The topological polar surface area (TPSA) is 76.1 Å². The minimum atomic E-state index is -0.963. The van der Waals surface area contributed by atoms with Crippen LogP contribution in [0.5, 0.6) is 5.75 Å². The summed E-state index contributed by atoms with van der Waals surface area (Å²) in [5, 5.41) is 9.14. The van der Waals surface area contributed by atoms with Crippen LogP contribution in [-0.2, 0) is 4.74 Å². The summed E-state index contributed by atoms with van der Waals surface area (Å²) >= 11 is 0. The maximum absolute atomic E-state index is 12.0. The van der Waals surface area contributed by atoms with E-state index in [9.17, 15) is 9.59 Å². The molecule has 1 aromatic rings. The Labute approximate surface area is 142 Å². The molecule has 1 saturated heterocycles. The molecule has 1 fully saturated rings. The van der Waals surface area contributed by atoms with Gasteiger partial charge >= 0.3 is 12.1 Å². The van der Waals surface area contributed by atoms with E-state index in [4.69, 9.17) is 14.6 Å². The normalized spacial score (nSPS) is 17.7.